The number of rotatable bonds is 4. The molecule has 0 unspecified atom stereocenters. The normalized spacial score (nSPS) is 10.6. The van der Waals surface area contributed by atoms with Gasteiger partial charge in [-0.3, -0.25) is 4.68 Å². The third kappa shape index (κ3) is 2.17. The average molecular weight is 193 g/mol. The third-order valence-electron chi connectivity index (χ3n) is 1.78. The molecule has 6 heteroatoms. The van der Waals surface area contributed by atoms with E-state index in [2.05, 4.69) is 25.1 Å². The van der Waals surface area contributed by atoms with Crippen LogP contribution in [0.3, 0.4) is 0 Å². The van der Waals surface area contributed by atoms with Crippen molar-refractivity contribution in [2.45, 2.75) is 13.1 Å². The molecule has 0 aliphatic carbocycles. The Kier molecular flexibility index (Phi) is 2.55. The lowest BCUT2D eigenvalue weighted by atomic mass is 10.3. The van der Waals surface area contributed by atoms with E-state index in [1.54, 1.807) is 4.68 Å². The molecule has 0 aliphatic rings. The molecular weight excluding hydrogens is 182 g/mol. The van der Waals surface area contributed by atoms with Gasteiger partial charge in [-0.05, 0) is 0 Å². The molecule has 0 bridgehead atoms. The Bertz CT molecular complexity index is 380. The number of nitrogens with zero attached hydrogens (tertiary/aromatic N) is 4. The number of nitrogens with one attached hydrogen (secondary N) is 1. The summed E-state index contributed by atoms with van der Waals surface area (Å²) in [4.78, 5) is 3.89. The summed E-state index contributed by atoms with van der Waals surface area (Å²) in [6, 6.07) is 0. The lowest BCUT2D eigenvalue weighted by Gasteiger charge is -1.97. The Labute approximate surface area is 80.9 Å². The van der Waals surface area contributed by atoms with Crippen LogP contribution in [0.25, 0.3) is 0 Å². The Morgan fingerprint density at radius 3 is 3.07 bits per heavy atom. The number of aryl methyl sites for hydroxylation is 1. The molecule has 0 saturated carbocycles. The maximum Gasteiger partial charge on any atom is 0.213 e. The largest absolute Gasteiger partial charge is 0.343 e. The van der Waals surface area contributed by atoms with Gasteiger partial charge in [0.15, 0.2) is 5.82 Å². The SMILES string of the molecule is Cn1cc(CNCc2ncon2)cn1. The molecule has 0 atom stereocenters. The summed E-state index contributed by atoms with van der Waals surface area (Å²) in [6.07, 6.45) is 5.10. The highest BCUT2D eigenvalue weighted by Crippen LogP contribution is 1.95. The topological polar surface area (TPSA) is 68.8 Å². The minimum absolute atomic E-state index is 0.603. The summed E-state index contributed by atoms with van der Waals surface area (Å²) in [5, 5.41) is 10.9. The van der Waals surface area contributed by atoms with Gasteiger partial charge in [0, 0.05) is 25.4 Å². The van der Waals surface area contributed by atoms with Gasteiger partial charge < -0.3 is 9.84 Å². The van der Waals surface area contributed by atoms with Gasteiger partial charge in [0.25, 0.3) is 0 Å². The predicted molar refractivity (Wildman–Crippen MR) is 48.0 cm³/mol. The van der Waals surface area contributed by atoms with E-state index in [1.165, 1.54) is 6.39 Å². The smallest absolute Gasteiger partial charge is 0.213 e. The molecule has 74 valence electrons. The minimum Gasteiger partial charge on any atom is -0.343 e. The van der Waals surface area contributed by atoms with E-state index in [1.807, 2.05) is 19.4 Å². The fraction of sp³-hybridized carbons (Fsp3) is 0.375. The highest BCUT2D eigenvalue weighted by Gasteiger charge is 1.98. The summed E-state index contributed by atoms with van der Waals surface area (Å²) in [5.41, 5.74) is 1.14. The van der Waals surface area contributed by atoms with Crippen molar-refractivity contribution in [3.63, 3.8) is 0 Å². The Morgan fingerprint density at radius 2 is 2.43 bits per heavy atom. The molecule has 0 spiro atoms. The first kappa shape index (κ1) is 8.89. The quantitative estimate of drug-likeness (QED) is 0.745. The molecule has 6 nitrogen and oxygen atoms in total. The van der Waals surface area contributed by atoms with Crippen LogP contribution in [0.15, 0.2) is 23.3 Å². The zero-order valence-electron chi connectivity index (χ0n) is 7.84. The van der Waals surface area contributed by atoms with Crippen molar-refractivity contribution in [1.82, 2.24) is 25.2 Å². The zero-order chi connectivity index (χ0) is 9.80. The second kappa shape index (κ2) is 4.01. The maximum atomic E-state index is 4.60. The molecule has 2 aromatic heterocycles. The molecule has 0 aromatic carbocycles. The first-order valence-corrected chi connectivity index (χ1v) is 4.28. The summed E-state index contributed by atoms with van der Waals surface area (Å²) in [5.74, 6) is 0.661. The highest BCUT2D eigenvalue weighted by atomic mass is 16.5. The van der Waals surface area contributed by atoms with Crippen LogP contribution >= 0.6 is 0 Å². The van der Waals surface area contributed by atoms with Crippen molar-refractivity contribution < 1.29 is 4.52 Å². The van der Waals surface area contributed by atoms with Gasteiger partial charge in [0.05, 0.1) is 12.7 Å². The first-order chi connectivity index (χ1) is 6.84. The van der Waals surface area contributed by atoms with Gasteiger partial charge in [0.1, 0.15) is 0 Å². The standard InChI is InChI=1S/C8H11N5O/c1-13-5-7(3-11-13)2-9-4-8-10-6-14-12-8/h3,5-6,9H,2,4H2,1H3. The predicted octanol–water partition coefficient (Wildman–Crippen LogP) is 0.0929. The number of hydrogen-bond acceptors (Lipinski definition) is 5. The van der Waals surface area contributed by atoms with Crippen molar-refractivity contribution in [1.29, 1.82) is 0 Å². The first-order valence-electron chi connectivity index (χ1n) is 4.28. The van der Waals surface area contributed by atoms with Crippen LogP contribution in [0, 0.1) is 0 Å². The van der Waals surface area contributed by atoms with Crippen molar-refractivity contribution in [2.24, 2.45) is 7.05 Å². The second-order valence-corrected chi connectivity index (χ2v) is 2.97. The molecule has 0 radical (unpaired) electrons. The maximum absolute atomic E-state index is 4.60. The third-order valence-corrected chi connectivity index (χ3v) is 1.78. The Balaban J connectivity index is 1.78. The summed E-state index contributed by atoms with van der Waals surface area (Å²) >= 11 is 0. The fourth-order valence-electron chi connectivity index (χ4n) is 1.15. The molecule has 0 saturated heterocycles. The highest BCUT2D eigenvalue weighted by molar-refractivity contribution is 5.02. The molecule has 2 heterocycles. The van der Waals surface area contributed by atoms with Gasteiger partial charge >= 0.3 is 0 Å². The van der Waals surface area contributed by atoms with E-state index in [9.17, 15) is 0 Å². The summed E-state index contributed by atoms with van der Waals surface area (Å²) < 4.78 is 6.37. The van der Waals surface area contributed by atoms with E-state index in [0.717, 1.165) is 12.1 Å². The van der Waals surface area contributed by atoms with Gasteiger partial charge in [-0.2, -0.15) is 10.1 Å². The van der Waals surface area contributed by atoms with Crippen LogP contribution in [0.4, 0.5) is 0 Å². The fourth-order valence-corrected chi connectivity index (χ4v) is 1.15. The summed E-state index contributed by atoms with van der Waals surface area (Å²) in [7, 11) is 1.89. The van der Waals surface area contributed by atoms with Crippen molar-refractivity contribution in [3.8, 4) is 0 Å². The molecule has 1 N–H and O–H groups in total. The monoisotopic (exact) mass is 193 g/mol. The molecule has 0 fully saturated rings. The van der Waals surface area contributed by atoms with Crippen LogP contribution in [0.2, 0.25) is 0 Å². The van der Waals surface area contributed by atoms with E-state index >= 15 is 0 Å². The second-order valence-electron chi connectivity index (χ2n) is 2.97. The van der Waals surface area contributed by atoms with Crippen molar-refractivity contribution in [2.75, 3.05) is 0 Å². The van der Waals surface area contributed by atoms with Gasteiger partial charge in [-0.15, -0.1) is 0 Å². The van der Waals surface area contributed by atoms with Gasteiger partial charge in [-0.25, -0.2) is 0 Å². The Morgan fingerprint density at radius 1 is 1.50 bits per heavy atom. The zero-order valence-corrected chi connectivity index (χ0v) is 7.84. The molecule has 0 aliphatic heterocycles. The van der Waals surface area contributed by atoms with E-state index < -0.39 is 0 Å². The molecule has 2 aromatic rings. The molecular formula is C8H11N5O. The molecule has 0 amide bonds. The van der Waals surface area contributed by atoms with Crippen LogP contribution in [0.5, 0.6) is 0 Å². The number of aromatic nitrogens is 4. The van der Waals surface area contributed by atoms with E-state index in [4.69, 9.17) is 0 Å². The van der Waals surface area contributed by atoms with E-state index in [-0.39, 0.29) is 0 Å². The van der Waals surface area contributed by atoms with Gasteiger partial charge in [0.2, 0.25) is 6.39 Å². The lowest BCUT2D eigenvalue weighted by molar-refractivity contribution is 0.407. The van der Waals surface area contributed by atoms with Crippen LogP contribution < -0.4 is 5.32 Å². The van der Waals surface area contributed by atoms with Crippen LogP contribution in [0.1, 0.15) is 11.4 Å². The van der Waals surface area contributed by atoms with E-state index in [0.29, 0.717) is 12.4 Å². The molecule has 14 heavy (non-hydrogen) atoms. The van der Waals surface area contributed by atoms with Crippen molar-refractivity contribution in [3.05, 3.63) is 30.2 Å². The lowest BCUT2D eigenvalue weighted by Crippen LogP contribution is -2.13. The average Bonchev–Trinajstić information content (AvgIpc) is 2.77. The van der Waals surface area contributed by atoms with Crippen LogP contribution in [-0.2, 0) is 20.1 Å². The van der Waals surface area contributed by atoms with Crippen LogP contribution in [-0.4, -0.2) is 19.9 Å². The number of hydrogen-bond donors (Lipinski definition) is 1. The van der Waals surface area contributed by atoms with Gasteiger partial charge in [-0.1, -0.05) is 5.16 Å². The summed E-state index contributed by atoms with van der Waals surface area (Å²) in [6.45, 7) is 1.35. The molecule has 2 rings (SSSR count). The van der Waals surface area contributed by atoms with Crippen molar-refractivity contribution >= 4 is 0 Å². The Hall–Kier alpha value is -1.69. The minimum atomic E-state index is 0.603.